The number of thiophene rings is 1. The van der Waals surface area contributed by atoms with Crippen LogP contribution in [0.15, 0.2) is 55.0 Å². The smallest absolute Gasteiger partial charge is 0.119 e. The molecule has 0 amide bonds. The Balaban J connectivity index is 1.47. The zero-order valence-corrected chi connectivity index (χ0v) is 15.0. The van der Waals surface area contributed by atoms with Crippen LogP contribution < -0.4 is 0 Å². The van der Waals surface area contributed by atoms with Gasteiger partial charge in [0, 0.05) is 35.8 Å². The number of hydrogen-bond donors (Lipinski definition) is 0. The minimum absolute atomic E-state index is 0.0155. The van der Waals surface area contributed by atoms with Crippen LogP contribution in [0.25, 0.3) is 0 Å². The number of fused-ring (bicyclic) bond motifs is 1. The van der Waals surface area contributed by atoms with Crippen LogP contribution in [0.5, 0.6) is 0 Å². The molecule has 0 aliphatic carbocycles. The van der Waals surface area contributed by atoms with Gasteiger partial charge in [0.25, 0.3) is 0 Å². The van der Waals surface area contributed by atoms with Crippen molar-refractivity contribution in [3.8, 4) is 6.07 Å². The molecular weight excluding hydrogens is 328 g/mol. The Morgan fingerprint density at radius 3 is 2.76 bits per heavy atom. The molecule has 0 saturated heterocycles. The van der Waals surface area contributed by atoms with Gasteiger partial charge in [0.05, 0.1) is 24.3 Å². The maximum absolute atomic E-state index is 8.96. The van der Waals surface area contributed by atoms with Crippen molar-refractivity contribution in [1.82, 2.24) is 14.5 Å². The summed E-state index contributed by atoms with van der Waals surface area (Å²) in [6.45, 7) is 4.79. The van der Waals surface area contributed by atoms with Crippen molar-refractivity contribution in [2.45, 2.75) is 32.0 Å². The van der Waals surface area contributed by atoms with E-state index in [4.69, 9.17) is 5.26 Å². The average molecular weight is 348 g/mol. The van der Waals surface area contributed by atoms with Gasteiger partial charge in [-0.15, -0.1) is 11.3 Å². The molecule has 3 heterocycles. The maximum atomic E-state index is 8.96. The highest BCUT2D eigenvalue weighted by molar-refractivity contribution is 7.12. The molecule has 4 nitrogen and oxygen atoms in total. The van der Waals surface area contributed by atoms with E-state index in [0.29, 0.717) is 6.42 Å². The third-order valence-corrected chi connectivity index (χ3v) is 6.16. The second-order valence-electron chi connectivity index (χ2n) is 6.59. The molecule has 126 valence electrons. The summed E-state index contributed by atoms with van der Waals surface area (Å²) in [6, 6.07) is 17.2. The van der Waals surface area contributed by atoms with Crippen LogP contribution in [0, 0.1) is 11.3 Å². The van der Waals surface area contributed by atoms with Crippen LogP contribution in [0.4, 0.5) is 0 Å². The van der Waals surface area contributed by atoms with Crippen molar-refractivity contribution in [3.63, 3.8) is 0 Å². The normalized spacial score (nSPS) is 18.1. The Kier molecular flexibility index (Phi) is 4.16. The molecular formula is C20H20N4S. The quantitative estimate of drug-likeness (QED) is 0.648. The highest BCUT2D eigenvalue weighted by Gasteiger charge is 2.48. The van der Waals surface area contributed by atoms with E-state index < -0.39 is 0 Å². The summed E-state index contributed by atoms with van der Waals surface area (Å²) in [5.74, 6) is 0. The Morgan fingerprint density at radius 1 is 1.20 bits per heavy atom. The van der Waals surface area contributed by atoms with Gasteiger partial charge < -0.3 is 4.57 Å². The number of nitriles is 1. The van der Waals surface area contributed by atoms with Gasteiger partial charge in [-0.25, -0.2) is 4.98 Å². The lowest BCUT2D eigenvalue weighted by Crippen LogP contribution is -2.23. The fourth-order valence-electron chi connectivity index (χ4n) is 3.37. The lowest BCUT2D eigenvalue weighted by Gasteiger charge is -2.20. The molecule has 0 radical (unpaired) electrons. The van der Waals surface area contributed by atoms with Crippen LogP contribution in [0.2, 0.25) is 0 Å². The summed E-state index contributed by atoms with van der Waals surface area (Å²) >= 11 is 1.86. The summed E-state index contributed by atoms with van der Waals surface area (Å²) in [5, 5.41) is 8.96. The highest BCUT2D eigenvalue weighted by Crippen LogP contribution is 2.48. The highest BCUT2D eigenvalue weighted by atomic mass is 32.1. The molecule has 0 spiro atoms. The lowest BCUT2D eigenvalue weighted by atomic mass is 10.1. The third-order valence-electron chi connectivity index (χ3n) is 4.88. The zero-order valence-electron chi connectivity index (χ0n) is 14.2. The predicted octanol–water partition coefficient (Wildman–Crippen LogP) is 3.99. The largest absolute Gasteiger partial charge is 0.315 e. The van der Waals surface area contributed by atoms with Gasteiger partial charge in [0.2, 0.25) is 0 Å². The van der Waals surface area contributed by atoms with Gasteiger partial charge in [-0.3, -0.25) is 4.90 Å². The molecule has 3 aromatic rings. The van der Waals surface area contributed by atoms with Gasteiger partial charge in [-0.2, -0.15) is 5.26 Å². The van der Waals surface area contributed by atoms with Crippen LogP contribution in [-0.4, -0.2) is 21.0 Å². The molecule has 0 bridgehead atoms. The fourth-order valence-corrected chi connectivity index (χ4v) is 4.57. The zero-order chi connectivity index (χ0) is 17.3. The van der Waals surface area contributed by atoms with Crippen molar-refractivity contribution in [2.24, 2.45) is 0 Å². The van der Waals surface area contributed by atoms with E-state index in [0.717, 1.165) is 19.6 Å². The number of nitrogens with zero attached hydrogens (tertiary/aromatic N) is 4. The second-order valence-corrected chi connectivity index (χ2v) is 7.76. The first-order chi connectivity index (χ1) is 12.2. The number of hydrogen-bond acceptors (Lipinski definition) is 4. The average Bonchev–Trinajstić information content (AvgIpc) is 3.07. The molecule has 1 unspecified atom stereocenters. The fraction of sp³-hybridized carbons (Fsp3) is 0.300. The number of aromatic nitrogens is 2. The molecule has 1 aliphatic heterocycles. The summed E-state index contributed by atoms with van der Waals surface area (Å²) in [4.78, 5) is 9.23. The van der Waals surface area contributed by atoms with Gasteiger partial charge in [0.1, 0.15) is 5.54 Å². The molecule has 1 atom stereocenters. The first-order valence-electron chi connectivity index (χ1n) is 8.47. The molecule has 0 N–H and O–H groups in total. The van der Waals surface area contributed by atoms with Crippen molar-refractivity contribution < 1.29 is 0 Å². The van der Waals surface area contributed by atoms with E-state index in [1.807, 2.05) is 29.9 Å². The van der Waals surface area contributed by atoms with Gasteiger partial charge in [-0.05, 0) is 24.6 Å². The first kappa shape index (κ1) is 16.1. The minimum Gasteiger partial charge on any atom is -0.315 e. The molecule has 5 heteroatoms. The van der Waals surface area contributed by atoms with E-state index >= 15 is 0 Å². The minimum atomic E-state index is 0.0155. The van der Waals surface area contributed by atoms with Crippen molar-refractivity contribution >= 4 is 11.3 Å². The van der Waals surface area contributed by atoms with Crippen molar-refractivity contribution in [3.05, 3.63) is 76.0 Å². The Labute approximate surface area is 152 Å². The van der Waals surface area contributed by atoms with Gasteiger partial charge >= 0.3 is 0 Å². The maximum Gasteiger partial charge on any atom is 0.119 e. The van der Waals surface area contributed by atoms with Crippen LogP contribution in [0.3, 0.4) is 0 Å². The molecule has 0 saturated carbocycles. The molecule has 2 aromatic heterocycles. The number of benzene rings is 1. The first-order valence-corrected chi connectivity index (χ1v) is 9.29. The molecule has 1 aliphatic rings. The topological polar surface area (TPSA) is 44.9 Å². The van der Waals surface area contributed by atoms with Gasteiger partial charge in [-0.1, -0.05) is 30.3 Å². The molecule has 4 rings (SSSR count). The van der Waals surface area contributed by atoms with E-state index in [2.05, 4.69) is 63.8 Å². The van der Waals surface area contributed by atoms with E-state index in [9.17, 15) is 0 Å². The summed E-state index contributed by atoms with van der Waals surface area (Å²) in [6.07, 6.45) is 4.41. The number of rotatable bonds is 7. The van der Waals surface area contributed by atoms with E-state index in [-0.39, 0.29) is 5.54 Å². The molecule has 0 fully saturated rings. The van der Waals surface area contributed by atoms with E-state index in [1.165, 1.54) is 21.0 Å². The lowest BCUT2D eigenvalue weighted by molar-refractivity contribution is 0.265. The van der Waals surface area contributed by atoms with Crippen molar-refractivity contribution in [2.75, 3.05) is 6.54 Å². The summed E-state index contributed by atoms with van der Waals surface area (Å²) < 4.78 is 2.22. The summed E-state index contributed by atoms with van der Waals surface area (Å²) in [7, 11) is 0. The Morgan fingerprint density at radius 2 is 2.04 bits per heavy atom. The van der Waals surface area contributed by atoms with Crippen molar-refractivity contribution in [1.29, 1.82) is 5.26 Å². The predicted molar refractivity (Wildman–Crippen MR) is 99.2 cm³/mol. The molecule has 1 aromatic carbocycles. The Hall–Kier alpha value is -2.42. The van der Waals surface area contributed by atoms with Gasteiger partial charge in [0.15, 0.2) is 0 Å². The van der Waals surface area contributed by atoms with E-state index in [1.54, 1.807) is 0 Å². The Bertz CT molecular complexity index is 885. The second kappa shape index (κ2) is 6.47. The van der Waals surface area contributed by atoms with Crippen LogP contribution in [0.1, 0.15) is 34.4 Å². The number of imidazole rings is 1. The standard InChI is InChI=1S/C20H20N4S/c1-20(18-12-22-15-24(18)20)19-9-8-17(25-19)14-23(11-5-10-21)13-16-6-3-2-4-7-16/h2-4,6-9,12,15H,5,11,13-14H2,1H3. The summed E-state index contributed by atoms with van der Waals surface area (Å²) in [5.41, 5.74) is 2.58. The third kappa shape index (κ3) is 2.99. The monoisotopic (exact) mass is 348 g/mol. The van der Waals surface area contributed by atoms with Crippen LogP contribution >= 0.6 is 11.3 Å². The van der Waals surface area contributed by atoms with Crippen LogP contribution in [-0.2, 0) is 18.6 Å². The molecule has 25 heavy (non-hydrogen) atoms. The SMILES string of the molecule is CC1(c2ccc(CN(CCC#N)Cc3ccccc3)s2)c2cncn21.